The van der Waals surface area contributed by atoms with Crippen molar-refractivity contribution in [2.24, 2.45) is 0 Å². The van der Waals surface area contributed by atoms with Gasteiger partial charge in [-0.2, -0.15) is 0 Å². The number of hydrogen-bond donors (Lipinski definition) is 0. The molecule has 0 unspecified atom stereocenters. The van der Waals surface area contributed by atoms with Crippen molar-refractivity contribution in [3.05, 3.63) is 42.1 Å². The Balaban J connectivity index is 2.21. The maximum absolute atomic E-state index is 10.6. The second-order valence-electron chi connectivity index (χ2n) is 2.32. The molecule has 0 radical (unpaired) electrons. The lowest BCUT2D eigenvalue weighted by Gasteiger charge is -1.92. The predicted molar refractivity (Wildman–Crippen MR) is 41.9 cm³/mol. The molecule has 3 nitrogen and oxygen atoms in total. The Morgan fingerprint density at radius 3 is 2.83 bits per heavy atom. The van der Waals surface area contributed by atoms with Gasteiger partial charge in [0, 0.05) is 12.2 Å². The Kier molecular flexibility index (Phi) is 1.55. The summed E-state index contributed by atoms with van der Waals surface area (Å²) < 4.78 is 9.81. The fourth-order valence-corrected chi connectivity index (χ4v) is 0.926. The first-order valence-corrected chi connectivity index (χ1v) is 3.50. The first kappa shape index (κ1) is 6.91. The highest BCUT2D eigenvalue weighted by atomic mass is 16.5. The molecule has 0 amide bonds. The first-order chi connectivity index (χ1) is 5.84. The summed E-state index contributed by atoms with van der Waals surface area (Å²) in [6.07, 6.45) is 6.19. The summed E-state index contributed by atoms with van der Waals surface area (Å²) in [6, 6.07) is 3.56. The summed E-state index contributed by atoms with van der Waals surface area (Å²) in [5.74, 6) is 0.840. The Bertz CT molecular complexity index is 344. The molecular formula is C9H6O3. The zero-order chi connectivity index (χ0) is 8.39. The van der Waals surface area contributed by atoms with Crippen molar-refractivity contribution in [2.75, 3.05) is 0 Å². The average Bonchev–Trinajstić information content (AvgIpc) is 2.63. The van der Waals surface area contributed by atoms with E-state index in [0.29, 0.717) is 11.5 Å². The minimum absolute atomic E-state index is 0.340. The van der Waals surface area contributed by atoms with Crippen molar-refractivity contribution in [3.63, 3.8) is 0 Å². The van der Waals surface area contributed by atoms with Gasteiger partial charge in [0.25, 0.3) is 0 Å². The van der Waals surface area contributed by atoms with E-state index in [9.17, 15) is 4.79 Å². The molecule has 3 heteroatoms. The third kappa shape index (κ3) is 1.29. The van der Waals surface area contributed by atoms with Gasteiger partial charge in [-0.1, -0.05) is 0 Å². The predicted octanol–water partition coefficient (Wildman–Crippen LogP) is 1.73. The van der Waals surface area contributed by atoms with E-state index in [4.69, 9.17) is 9.15 Å². The zero-order valence-electron chi connectivity index (χ0n) is 6.19. The fourth-order valence-electron chi connectivity index (χ4n) is 0.926. The highest BCUT2D eigenvalue weighted by Gasteiger charge is 2.09. The molecule has 0 fully saturated rings. The van der Waals surface area contributed by atoms with E-state index in [1.165, 1.54) is 6.08 Å². The van der Waals surface area contributed by atoms with E-state index >= 15 is 0 Å². The molecule has 0 saturated heterocycles. The molecule has 0 aliphatic carbocycles. The van der Waals surface area contributed by atoms with Crippen LogP contribution in [-0.2, 0) is 9.53 Å². The van der Waals surface area contributed by atoms with Crippen LogP contribution >= 0.6 is 0 Å². The maximum Gasteiger partial charge on any atom is 0.336 e. The zero-order valence-corrected chi connectivity index (χ0v) is 6.19. The first-order valence-electron chi connectivity index (χ1n) is 3.50. The van der Waals surface area contributed by atoms with Gasteiger partial charge < -0.3 is 9.15 Å². The molecule has 60 valence electrons. The second kappa shape index (κ2) is 2.70. The van der Waals surface area contributed by atoms with Crippen molar-refractivity contribution in [3.8, 4) is 0 Å². The smallest absolute Gasteiger partial charge is 0.336 e. The Morgan fingerprint density at radius 1 is 1.33 bits per heavy atom. The molecule has 1 aromatic rings. The topological polar surface area (TPSA) is 39.4 Å². The lowest BCUT2D eigenvalue weighted by molar-refractivity contribution is -0.132. The highest BCUT2D eigenvalue weighted by molar-refractivity contribution is 5.87. The molecule has 0 bridgehead atoms. The lowest BCUT2D eigenvalue weighted by Crippen LogP contribution is -1.89. The van der Waals surface area contributed by atoms with Gasteiger partial charge in [-0.05, 0) is 18.2 Å². The van der Waals surface area contributed by atoms with Crippen LogP contribution in [0.25, 0.3) is 6.08 Å². The summed E-state index contributed by atoms with van der Waals surface area (Å²) in [4.78, 5) is 10.6. The van der Waals surface area contributed by atoms with Crippen molar-refractivity contribution in [2.45, 2.75) is 0 Å². The second-order valence-corrected chi connectivity index (χ2v) is 2.32. The lowest BCUT2D eigenvalue weighted by atomic mass is 10.3. The number of furan rings is 1. The average molecular weight is 162 g/mol. The minimum Gasteiger partial charge on any atom is -0.465 e. The number of cyclic esters (lactones) is 1. The van der Waals surface area contributed by atoms with E-state index in [2.05, 4.69) is 0 Å². The Labute approximate surface area is 68.9 Å². The van der Waals surface area contributed by atoms with Gasteiger partial charge in [0.1, 0.15) is 11.5 Å². The van der Waals surface area contributed by atoms with Gasteiger partial charge in [0.15, 0.2) is 0 Å². The van der Waals surface area contributed by atoms with Crippen molar-refractivity contribution in [1.29, 1.82) is 0 Å². The van der Waals surface area contributed by atoms with Crippen LogP contribution in [0.3, 0.4) is 0 Å². The van der Waals surface area contributed by atoms with Gasteiger partial charge in [-0.15, -0.1) is 0 Å². The van der Waals surface area contributed by atoms with Crippen LogP contribution in [0.2, 0.25) is 0 Å². The quantitative estimate of drug-likeness (QED) is 0.590. The van der Waals surface area contributed by atoms with E-state index in [-0.39, 0.29) is 5.97 Å². The van der Waals surface area contributed by atoms with E-state index in [0.717, 1.165) is 0 Å². The van der Waals surface area contributed by atoms with Gasteiger partial charge in [0.05, 0.1) is 6.26 Å². The third-order valence-corrected chi connectivity index (χ3v) is 1.43. The summed E-state index contributed by atoms with van der Waals surface area (Å²) in [5, 5.41) is 0. The maximum atomic E-state index is 10.6. The number of rotatable bonds is 1. The van der Waals surface area contributed by atoms with Gasteiger partial charge in [-0.25, -0.2) is 4.79 Å². The van der Waals surface area contributed by atoms with Crippen molar-refractivity contribution in [1.82, 2.24) is 0 Å². The van der Waals surface area contributed by atoms with Crippen LogP contribution < -0.4 is 0 Å². The minimum atomic E-state index is -0.340. The fraction of sp³-hybridized carbons (Fsp3) is 0. The number of esters is 1. The molecule has 0 atom stereocenters. The molecule has 2 rings (SSSR count). The highest BCUT2D eigenvalue weighted by Crippen LogP contribution is 2.14. The summed E-state index contributed by atoms with van der Waals surface area (Å²) in [6.45, 7) is 0. The number of hydrogen-bond acceptors (Lipinski definition) is 3. The molecule has 2 heterocycles. The van der Waals surface area contributed by atoms with Gasteiger partial charge in [-0.3, -0.25) is 0 Å². The van der Waals surface area contributed by atoms with Crippen molar-refractivity contribution < 1.29 is 13.9 Å². The number of carbonyl (C=O) groups is 1. The van der Waals surface area contributed by atoms with Crippen LogP contribution in [0.4, 0.5) is 0 Å². The van der Waals surface area contributed by atoms with Crippen LogP contribution in [0.1, 0.15) is 5.76 Å². The molecule has 0 N–H and O–H groups in total. The molecular weight excluding hydrogens is 156 g/mol. The molecule has 1 aromatic heterocycles. The van der Waals surface area contributed by atoms with Crippen LogP contribution in [-0.4, -0.2) is 5.97 Å². The summed E-state index contributed by atoms with van der Waals surface area (Å²) in [5.41, 5.74) is 0. The Morgan fingerprint density at radius 2 is 2.25 bits per heavy atom. The number of ether oxygens (including phenoxy) is 1. The van der Waals surface area contributed by atoms with E-state index < -0.39 is 0 Å². The SMILES string of the molecule is O=C1C=C/C(=C/c2ccco2)O1. The number of carbonyl (C=O) groups excluding carboxylic acids is 1. The van der Waals surface area contributed by atoms with Crippen molar-refractivity contribution >= 4 is 12.0 Å². The molecule has 0 saturated carbocycles. The Hall–Kier alpha value is -1.77. The molecule has 0 spiro atoms. The number of allylic oxidation sites excluding steroid dienone is 1. The van der Waals surface area contributed by atoms with Gasteiger partial charge >= 0.3 is 5.97 Å². The monoisotopic (exact) mass is 162 g/mol. The van der Waals surface area contributed by atoms with Crippen LogP contribution in [0.15, 0.2) is 40.7 Å². The van der Waals surface area contributed by atoms with Crippen LogP contribution in [0.5, 0.6) is 0 Å². The van der Waals surface area contributed by atoms with Gasteiger partial charge in [0.2, 0.25) is 0 Å². The molecule has 0 aromatic carbocycles. The summed E-state index contributed by atoms with van der Waals surface area (Å²) >= 11 is 0. The van der Waals surface area contributed by atoms with E-state index in [1.54, 1.807) is 30.5 Å². The van der Waals surface area contributed by atoms with Crippen LogP contribution in [0, 0.1) is 0 Å². The molecule has 1 aliphatic heterocycles. The standard InChI is InChI=1S/C9H6O3/c10-9-4-3-8(12-9)6-7-2-1-5-11-7/h1-6H/b8-6-. The molecule has 1 aliphatic rings. The third-order valence-electron chi connectivity index (χ3n) is 1.43. The van der Waals surface area contributed by atoms with E-state index in [1.807, 2.05) is 0 Å². The summed E-state index contributed by atoms with van der Waals surface area (Å²) in [7, 11) is 0. The normalized spacial score (nSPS) is 18.7. The molecule has 12 heavy (non-hydrogen) atoms. The largest absolute Gasteiger partial charge is 0.465 e.